The summed E-state index contributed by atoms with van der Waals surface area (Å²) in [5, 5.41) is 5.64. The Bertz CT molecular complexity index is 1010. The van der Waals surface area contributed by atoms with Crippen molar-refractivity contribution in [2.24, 2.45) is 0 Å². The van der Waals surface area contributed by atoms with E-state index in [4.69, 9.17) is 13.9 Å². The van der Waals surface area contributed by atoms with Gasteiger partial charge in [0.25, 0.3) is 0 Å². The van der Waals surface area contributed by atoms with Gasteiger partial charge in [-0.25, -0.2) is 9.59 Å². The van der Waals surface area contributed by atoms with Crippen molar-refractivity contribution in [3.8, 4) is 0 Å². The van der Waals surface area contributed by atoms with E-state index < -0.39 is 49.5 Å². The number of nitrogens with zero attached hydrogens (tertiary/aromatic N) is 1. The van der Waals surface area contributed by atoms with Crippen LogP contribution in [0.15, 0.2) is 12.2 Å². The number of carbonyl (C=O) groups excluding carboxylic acids is 4. The Balaban J connectivity index is 2.31. The second-order valence-electron chi connectivity index (χ2n) is 14.4. The van der Waals surface area contributed by atoms with Crippen molar-refractivity contribution < 1.29 is 33.1 Å². The number of amides is 3. The largest absolute Gasteiger partial charge is 0.464 e. The molecule has 2 N–H and O–H groups in total. The number of unbranched alkanes of at least 4 members (excludes halogenated alkanes) is 3. The number of rotatable bonds is 14. The molecule has 43 heavy (non-hydrogen) atoms. The van der Waals surface area contributed by atoms with Crippen LogP contribution in [0, 0.1) is 0 Å². The molecule has 0 aromatic rings. The molecule has 0 radical (unpaired) electrons. The van der Waals surface area contributed by atoms with Gasteiger partial charge in [-0.2, -0.15) is 0 Å². The molecule has 1 heterocycles. The summed E-state index contributed by atoms with van der Waals surface area (Å²) in [6, 6.07) is -1.70. The molecule has 1 saturated carbocycles. The highest BCUT2D eigenvalue weighted by molar-refractivity contribution is 6.74. The molecule has 3 amide bonds. The molecule has 1 saturated heterocycles. The van der Waals surface area contributed by atoms with Gasteiger partial charge in [0, 0.05) is 13.0 Å². The standard InChI is InChI=1S/C32H57N3O7Si/c1-11-13-14-15-16-17-18-24(33-29(39)41-30(3,4)5)27(37)35-22-23(42-43(9,10)31(6,7)8)21-25(35)26(36)34-32(19-20-32)28(38)40-12-2/h11,13,23-25H,12,14-22H2,1-10H3,(H,33,39)(H,34,36)/t23-,24+,25+/m1/s1. The number of likely N-dealkylation sites (tertiary alicyclic amines) is 1. The highest BCUT2D eigenvalue weighted by atomic mass is 28.4. The number of esters is 1. The van der Waals surface area contributed by atoms with Gasteiger partial charge in [-0.05, 0) is 84.9 Å². The molecule has 0 aromatic heterocycles. The molecular weight excluding hydrogens is 566 g/mol. The SMILES string of the molecule is CC=CCCCCC[C@H](NC(=O)OC(C)(C)C)C(=O)N1C[C@H](O[Si](C)(C)C(C)(C)C)C[C@H]1C(=O)NC1(C(=O)OCC)CC1. The lowest BCUT2D eigenvalue weighted by Crippen LogP contribution is -2.56. The van der Waals surface area contributed by atoms with Gasteiger partial charge in [0.1, 0.15) is 23.2 Å². The van der Waals surface area contributed by atoms with Crippen LogP contribution in [0.1, 0.15) is 107 Å². The summed E-state index contributed by atoms with van der Waals surface area (Å²) in [5.41, 5.74) is -1.77. The number of hydrogen-bond donors (Lipinski definition) is 2. The molecule has 3 atom stereocenters. The molecule has 246 valence electrons. The average molecular weight is 624 g/mol. The van der Waals surface area contributed by atoms with Crippen LogP contribution in [0.5, 0.6) is 0 Å². The van der Waals surface area contributed by atoms with Gasteiger partial charge in [-0.1, -0.05) is 45.8 Å². The van der Waals surface area contributed by atoms with Gasteiger partial charge >= 0.3 is 12.1 Å². The normalized spacial score (nSPS) is 20.9. The fourth-order valence-corrected chi connectivity index (χ4v) is 6.28. The molecule has 0 unspecified atom stereocenters. The summed E-state index contributed by atoms with van der Waals surface area (Å²) in [4.78, 5) is 54.9. The number of carbonyl (C=O) groups is 4. The van der Waals surface area contributed by atoms with Crippen LogP contribution < -0.4 is 10.6 Å². The molecular formula is C32H57N3O7Si. The molecule has 1 aliphatic carbocycles. The van der Waals surface area contributed by atoms with E-state index in [1.165, 1.54) is 4.90 Å². The maximum absolute atomic E-state index is 14.2. The van der Waals surface area contributed by atoms with Gasteiger partial charge in [0.15, 0.2) is 8.32 Å². The van der Waals surface area contributed by atoms with Crippen LogP contribution in [-0.4, -0.2) is 79.6 Å². The first-order valence-electron chi connectivity index (χ1n) is 15.9. The lowest BCUT2D eigenvalue weighted by molar-refractivity contribution is -0.149. The maximum Gasteiger partial charge on any atom is 0.408 e. The quantitative estimate of drug-likeness (QED) is 0.112. The maximum atomic E-state index is 14.2. The Kier molecular flexibility index (Phi) is 12.9. The second-order valence-corrected chi connectivity index (χ2v) is 19.2. The smallest absolute Gasteiger partial charge is 0.408 e. The van der Waals surface area contributed by atoms with Crippen molar-refractivity contribution in [2.75, 3.05) is 13.2 Å². The molecule has 0 aromatic carbocycles. The first-order chi connectivity index (χ1) is 19.9. The fourth-order valence-electron chi connectivity index (χ4n) is 4.92. The Morgan fingerprint density at radius 1 is 1.05 bits per heavy atom. The van der Waals surface area contributed by atoms with Gasteiger partial charge in [-0.15, -0.1) is 0 Å². The lowest BCUT2D eigenvalue weighted by Gasteiger charge is -2.38. The highest BCUT2D eigenvalue weighted by Crippen LogP contribution is 2.40. The Labute approximate surface area is 260 Å². The first-order valence-corrected chi connectivity index (χ1v) is 18.8. The van der Waals surface area contributed by atoms with Gasteiger partial charge in [0.05, 0.1) is 12.7 Å². The monoisotopic (exact) mass is 623 g/mol. The van der Waals surface area contributed by atoms with E-state index in [1.54, 1.807) is 27.7 Å². The summed E-state index contributed by atoms with van der Waals surface area (Å²) in [5.74, 6) is -1.19. The van der Waals surface area contributed by atoms with Gasteiger partial charge < -0.3 is 29.4 Å². The molecule has 0 spiro atoms. The van der Waals surface area contributed by atoms with Gasteiger partial charge in [0.2, 0.25) is 11.8 Å². The van der Waals surface area contributed by atoms with Crippen LogP contribution in [0.25, 0.3) is 0 Å². The molecule has 2 rings (SSSR count). The van der Waals surface area contributed by atoms with E-state index in [0.29, 0.717) is 25.7 Å². The third-order valence-corrected chi connectivity index (χ3v) is 13.0. The number of alkyl carbamates (subject to hydrolysis) is 1. The van der Waals surface area contributed by atoms with Crippen molar-refractivity contribution in [3.05, 3.63) is 12.2 Å². The van der Waals surface area contributed by atoms with E-state index >= 15 is 0 Å². The topological polar surface area (TPSA) is 123 Å². The van der Waals surface area contributed by atoms with Crippen molar-refractivity contribution >= 4 is 32.2 Å². The van der Waals surface area contributed by atoms with E-state index in [1.807, 2.05) is 13.0 Å². The van der Waals surface area contributed by atoms with Crippen molar-refractivity contribution in [2.45, 2.75) is 154 Å². The zero-order chi connectivity index (χ0) is 32.6. The minimum absolute atomic E-state index is 0.0576. The summed E-state index contributed by atoms with van der Waals surface area (Å²) in [7, 11) is -2.22. The fraction of sp³-hybridized carbons (Fsp3) is 0.812. The zero-order valence-electron chi connectivity index (χ0n) is 28.3. The van der Waals surface area contributed by atoms with E-state index in [9.17, 15) is 19.2 Å². The molecule has 1 aliphatic heterocycles. The summed E-state index contributed by atoms with van der Waals surface area (Å²) in [6.07, 6.45) is 8.39. The predicted molar refractivity (Wildman–Crippen MR) is 170 cm³/mol. The van der Waals surface area contributed by atoms with Crippen molar-refractivity contribution in [3.63, 3.8) is 0 Å². The summed E-state index contributed by atoms with van der Waals surface area (Å²) >= 11 is 0. The number of hydrogen-bond acceptors (Lipinski definition) is 7. The Morgan fingerprint density at radius 2 is 1.70 bits per heavy atom. The van der Waals surface area contributed by atoms with Crippen LogP contribution in [0.3, 0.4) is 0 Å². The summed E-state index contributed by atoms with van der Waals surface area (Å²) in [6.45, 7) is 20.2. The Hall–Kier alpha value is -2.40. The first kappa shape index (κ1) is 36.8. The zero-order valence-corrected chi connectivity index (χ0v) is 29.3. The highest BCUT2D eigenvalue weighted by Gasteiger charge is 2.55. The summed E-state index contributed by atoms with van der Waals surface area (Å²) < 4.78 is 17.4. The third-order valence-electron chi connectivity index (χ3n) is 8.48. The van der Waals surface area contributed by atoms with Crippen molar-refractivity contribution in [1.82, 2.24) is 15.5 Å². The van der Waals surface area contributed by atoms with Crippen LogP contribution in [0.2, 0.25) is 18.1 Å². The lowest BCUT2D eigenvalue weighted by atomic mass is 10.0. The minimum Gasteiger partial charge on any atom is -0.464 e. The van der Waals surface area contributed by atoms with Crippen LogP contribution in [0.4, 0.5) is 4.79 Å². The number of allylic oxidation sites excluding steroid dienone is 2. The minimum atomic E-state index is -2.22. The molecule has 11 heteroatoms. The molecule has 2 aliphatic rings. The van der Waals surface area contributed by atoms with E-state index in [0.717, 1.165) is 25.7 Å². The third kappa shape index (κ3) is 10.9. The second kappa shape index (κ2) is 15.1. The van der Waals surface area contributed by atoms with Crippen LogP contribution >= 0.6 is 0 Å². The number of ether oxygens (including phenoxy) is 2. The van der Waals surface area contributed by atoms with Crippen LogP contribution in [-0.2, 0) is 28.3 Å². The van der Waals surface area contributed by atoms with E-state index in [2.05, 4.69) is 50.6 Å². The molecule has 2 fully saturated rings. The van der Waals surface area contributed by atoms with E-state index in [-0.39, 0.29) is 30.2 Å². The Morgan fingerprint density at radius 3 is 2.23 bits per heavy atom. The number of nitrogens with one attached hydrogen (secondary N) is 2. The average Bonchev–Trinajstić information content (AvgIpc) is 3.54. The molecule has 0 bridgehead atoms. The van der Waals surface area contributed by atoms with Crippen molar-refractivity contribution in [1.29, 1.82) is 0 Å². The molecule has 10 nitrogen and oxygen atoms in total. The van der Waals surface area contributed by atoms with Gasteiger partial charge in [-0.3, -0.25) is 9.59 Å². The predicted octanol–water partition coefficient (Wildman–Crippen LogP) is 5.61.